The number of nitrogens with one attached hydrogen (secondary N) is 1. The summed E-state index contributed by atoms with van der Waals surface area (Å²) in [6.07, 6.45) is 1.25. The molecule has 2 rings (SSSR count). The maximum atomic E-state index is 12.3. The van der Waals surface area contributed by atoms with Crippen LogP contribution in [0, 0.1) is 24.0 Å². The summed E-state index contributed by atoms with van der Waals surface area (Å²) in [6, 6.07) is 0. The van der Waals surface area contributed by atoms with Crippen LogP contribution in [-0.4, -0.2) is 30.4 Å². The third-order valence-corrected chi connectivity index (χ3v) is 3.23. The second kappa shape index (κ2) is 5.35. The van der Waals surface area contributed by atoms with Gasteiger partial charge in [-0.05, 0) is 20.8 Å². The first-order chi connectivity index (χ1) is 9.85. The molecule has 0 saturated heterocycles. The van der Waals surface area contributed by atoms with E-state index in [0.717, 1.165) is 5.69 Å². The highest BCUT2D eigenvalue weighted by Gasteiger charge is 2.26. The number of anilines is 1. The number of rotatable bonds is 4. The molecule has 9 heteroatoms. The van der Waals surface area contributed by atoms with Crippen molar-refractivity contribution in [2.45, 2.75) is 27.3 Å². The highest BCUT2D eigenvalue weighted by atomic mass is 16.6. The summed E-state index contributed by atoms with van der Waals surface area (Å²) in [5, 5.41) is 21.8. The van der Waals surface area contributed by atoms with Crippen molar-refractivity contribution >= 4 is 17.3 Å². The second-order valence-electron chi connectivity index (χ2n) is 4.60. The quantitative estimate of drug-likeness (QED) is 0.677. The van der Waals surface area contributed by atoms with Crippen molar-refractivity contribution < 1.29 is 9.72 Å². The molecular weight excluding hydrogens is 276 g/mol. The van der Waals surface area contributed by atoms with Crippen LogP contribution in [-0.2, 0) is 13.6 Å². The number of hydrogen-bond donors (Lipinski definition) is 1. The Morgan fingerprint density at radius 1 is 1.43 bits per heavy atom. The summed E-state index contributed by atoms with van der Waals surface area (Å²) in [6.45, 7) is 5.78. The van der Waals surface area contributed by atoms with Gasteiger partial charge in [0.1, 0.15) is 6.20 Å². The average Bonchev–Trinajstić information content (AvgIpc) is 2.96. The molecule has 2 aromatic rings. The highest BCUT2D eigenvalue weighted by Crippen LogP contribution is 2.22. The first-order valence-corrected chi connectivity index (χ1v) is 6.38. The summed E-state index contributed by atoms with van der Waals surface area (Å²) >= 11 is 0. The van der Waals surface area contributed by atoms with Crippen molar-refractivity contribution in [2.24, 2.45) is 7.05 Å². The number of hydrogen-bond acceptors (Lipinski definition) is 5. The average molecular weight is 292 g/mol. The molecule has 0 radical (unpaired) electrons. The van der Waals surface area contributed by atoms with Gasteiger partial charge in [0.2, 0.25) is 5.69 Å². The van der Waals surface area contributed by atoms with Crippen molar-refractivity contribution in [1.29, 1.82) is 0 Å². The van der Waals surface area contributed by atoms with Gasteiger partial charge in [0.15, 0.2) is 0 Å². The molecular formula is C12H16N6O3. The Balaban J connectivity index is 2.36. The van der Waals surface area contributed by atoms with Crippen LogP contribution in [0.15, 0.2) is 6.20 Å². The maximum Gasteiger partial charge on any atom is 0.320 e. The van der Waals surface area contributed by atoms with Gasteiger partial charge >= 0.3 is 5.69 Å². The molecule has 0 aromatic carbocycles. The SMILES string of the molecule is CCn1cc([N+](=O)[O-])c(C(=O)Nc2c(C)nn(C)c2C)n1. The minimum Gasteiger partial charge on any atom is -0.317 e. The lowest BCUT2D eigenvalue weighted by Gasteiger charge is -2.03. The van der Waals surface area contributed by atoms with Crippen LogP contribution in [0.2, 0.25) is 0 Å². The third kappa shape index (κ3) is 2.62. The van der Waals surface area contributed by atoms with Gasteiger partial charge in [-0.3, -0.25) is 24.3 Å². The Labute approximate surface area is 120 Å². The molecule has 0 saturated carbocycles. The minimum atomic E-state index is -0.617. The van der Waals surface area contributed by atoms with Gasteiger partial charge in [-0.25, -0.2) is 0 Å². The van der Waals surface area contributed by atoms with Crippen molar-refractivity contribution in [2.75, 3.05) is 5.32 Å². The number of aryl methyl sites for hydroxylation is 3. The van der Waals surface area contributed by atoms with Crippen LogP contribution in [0.3, 0.4) is 0 Å². The first-order valence-electron chi connectivity index (χ1n) is 6.38. The van der Waals surface area contributed by atoms with Crippen LogP contribution >= 0.6 is 0 Å². The van der Waals surface area contributed by atoms with Crippen molar-refractivity contribution in [3.05, 3.63) is 33.4 Å². The zero-order chi connectivity index (χ0) is 15.7. The molecule has 1 N–H and O–H groups in total. The molecule has 0 aliphatic carbocycles. The summed E-state index contributed by atoms with van der Waals surface area (Å²) in [5.74, 6) is -0.617. The van der Waals surface area contributed by atoms with E-state index in [9.17, 15) is 14.9 Å². The summed E-state index contributed by atoms with van der Waals surface area (Å²) in [4.78, 5) is 22.6. The smallest absolute Gasteiger partial charge is 0.317 e. The Hall–Kier alpha value is -2.71. The first kappa shape index (κ1) is 14.7. The van der Waals surface area contributed by atoms with Gasteiger partial charge in [-0.15, -0.1) is 0 Å². The lowest BCUT2D eigenvalue weighted by molar-refractivity contribution is -0.385. The third-order valence-electron chi connectivity index (χ3n) is 3.23. The second-order valence-corrected chi connectivity index (χ2v) is 4.60. The number of nitrogens with zero attached hydrogens (tertiary/aromatic N) is 5. The van der Waals surface area contributed by atoms with Gasteiger partial charge < -0.3 is 5.32 Å². The van der Waals surface area contributed by atoms with Crippen LogP contribution in [0.1, 0.15) is 28.8 Å². The molecule has 1 amide bonds. The van der Waals surface area contributed by atoms with Gasteiger partial charge in [-0.2, -0.15) is 10.2 Å². The predicted octanol–water partition coefficient (Wildman–Crippen LogP) is 1.41. The molecule has 0 fully saturated rings. The maximum absolute atomic E-state index is 12.3. The van der Waals surface area contributed by atoms with E-state index in [4.69, 9.17) is 0 Å². The number of amides is 1. The Morgan fingerprint density at radius 2 is 2.10 bits per heavy atom. The molecule has 0 bridgehead atoms. The summed E-state index contributed by atoms with van der Waals surface area (Å²) < 4.78 is 2.99. The number of carbonyl (C=O) groups is 1. The van der Waals surface area contributed by atoms with Crippen LogP contribution < -0.4 is 5.32 Å². The fourth-order valence-electron chi connectivity index (χ4n) is 2.00. The molecule has 0 unspecified atom stereocenters. The lowest BCUT2D eigenvalue weighted by Crippen LogP contribution is -2.15. The van der Waals surface area contributed by atoms with E-state index in [0.29, 0.717) is 17.9 Å². The normalized spacial score (nSPS) is 10.7. The van der Waals surface area contributed by atoms with Crippen LogP contribution in [0.5, 0.6) is 0 Å². The summed E-state index contributed by atoms with van der Waals surface area (Å²) in [7, 11) is 1.76. The Kier molecular flexibility index (Phi) is 3.74. The fourth-order valence-corrected chi connectivity index (χ4v) is 2.00. The molecule has 112 valence electrons. The Morgan fingerprint density at radius 3 is 2.57 bits per heavy atom. The van der Waals surface area contributed by atoms with E-state index in [1.807, 2.05) is 0 Å². The number of nitro groups is 1. The van der Waals surface area contributed by atoms with Crippen LogP contribution in [0.25, 0.3) is 0 Å². The van der Waals surface area contributed by atoms with E-state index < -0.39 is 10.8 Å². The molecule has 0 atom stereocenters. The monoisotopic (exact) mass is 292 g/mol. The van der Waals surface area contributed by atoms with Gasteiger partial charge in [-0.1, -0.05) is 0 Å². The zero-order valence-electron chi connectivity index (χ0n) is 12.2. The molecule has 0 aliphatic rings. The summed E-state index contributed by atoms with van der Waals surface area (Å²) in [5.41, 5.74) is 1.43. The molecule has 0 aliphatic heterocycles. The van der Waals surface area contributed by atoms with E-state index in [1.54, 1.807) is 32.5 Å². The van der Waals surface area contributed by atoms with Gasteiger partial charge in [0.25, 0.3) is 5.91 Å². The zero-order valence-corrected chi connectivity index (χ0v) is 12.2. The molecule has 0 spiro atoms. The van der Waals surface area contributed by atoms with Crippen molar-refractivity contribution in [1.82, 2.24) is 19.6 Å². The van der Waals surface area contributed by atoms with E-state index in [1.165, 1.54) is 10.9 Å². The van der Waals surface area contributed by atoms with Crippen molar-refractivity contribution in [3.63, 3.8) is 0 Å². The number of aromatic nitrogens is 4. The van der Waals surface area contributed by atoms with Gasteiger partial charge in [0.05, 0.1) is 22.0 Å². The lowest BCUT2D eigenvalue weighted by atomic mass is 10.3. The fraction of sp³-hybridized carbons (Fsp3) is 0.417. The van der Waals surface area contributed by atoms with Crippen LogP contribution in [0.4, 0.5) is 11.4 Å². The highest BCUT2D eigenvalue weighted by molar-refractivity contribution is 6.06. The standard InChI is InChI=1S/C12H16N6O3/c1-5-17-6-9(18(20)21)11(15-17)12(19)13-10-7(2)14-16(4)8(10)3/h6H,5H2,1-4H3,(H,13,19). The van der Waals surface area contributed by atoms with Gasteiger partial charge in [0, 0.05) is 13.6 Å². The largest absolute Gasteiger partial charge is 0.320 e. The van der Waals surface area contributed by atoms with E-state index in [2.05, 4.69) is 15.5 Å². The predicted molar refractivity (Wildman–Crippen MR) is 75.2 cm³/mol. The molecule has 9 nitrogen and oxygen atoms in total. The topological polar surface area (TPSA) is 108 Å². The number of carbonyl (C=O) groups excluding carboxylic acids is 1. The minimum absolute atomic E-state index is 0.204. The van der Waals surface area contributed by atoms with E-state index in [-0.39, 0.29) is 11.4 Å². The molecule has 2 heterocycles. The molecule has 21 heavy (non-hydrogen) atoms. The molecule has 2 aromatic heterocycles. The van der Waals surface area contributed by atoms with Crippen molar-refractivity contribution in [3.8, 4) is 0 Å². The Bertz CT molecular complexity index is 715. The van der Waals surface area contributed by atoms with E-state index >= 15 is 0 Å².